The fourth-order valence-corrected chi connectivity index (χ4v) is 13.8. The molecule has 6 heterocycles. The van der Waals surface area contributed by atoms with Gasteiger partial charge in [0.2, 0.25) is 0 Å². The highest BCUT2D eigenvalue weighted by Crippen LogP contribution is 2.44. The van der Waals surface area contributed by atoms with Crippen molar-refractivity contribution in [3.8, 4) is 102 Å². The summed E-state index contributed by atoms with van der Waals surface area (Å²) in [7, 11) is 0. The van der Waals surface area contributed by atoms with Crippen LogP contribution in [0.5, 0.6) is 11.5 Å². The number of aryl methyl sites for hydroxylation is 4. The molecule has 0 saturated heterocycles. The van der Waals surface area contributed by atoms with Crippen molar-refractivity contribution in [2.24, 2.45) is 23.7 Å². The van der Waals surface area contributed by atoms with E-state index in [1.165, 1.54) is 24.0 Å². The molecule has 0 unspecified atom stereocenters. The first-order chi connectivity index (χ1) is 48.8. The van der Waals surface area contributed by atoms with Crippen LogP contribution < -0.4 is 9.47 Å². The third-order valence-electron chi connectivity index (χ3n) is 19.6. The van der Waals surface area contributed by atoms with Crippen LogP contribution >= 0.6 is 0 Å². The predicted octanol–water partition coefficient (Wildman–Crippen LogP) is 23.3. The Bertz CT molecular complexity index is 4610. The smallest absolute Gasteiger partial charge is 0.161 e. The monoisotopic (exact) mass is 1330 g/mol. The van der Waals surface area contributed by atoms with Gasteiger partial charge < -0.3 is 27.7 Å². The SMILES string of the molecule is CCCCCCOc1cc(-c2ccc3c(c2)nc(-c2cccc(-c4nc5cc(-c6ccccc6)ccc5n4CCC(C)C)n2)n3CCC(C)C)c(-c2ccc3c(c2)nc(-c2cccc(-c4nc5cc(-c6ccccc6)ccc5n4CCC(C)C)n2)n3CCC(C)C)cc1OCCCCCC. The van der Waals surface area contributed by atoms with Gasteiger partial charge in [-0.3, -0.25) is 0 Å². The zero-order valence-electron chi connectivity index (χ0n) is 60.6. The highest BCUT2D eigenvalue weighted by molar-refractivity contribution is 5.95. The minimum absolute atomic E-state index is 0.475. The molecule has 0 atom stereocenters. The summed E-state index contributed by atoms with van der Waals surface area (Å²) in [6, 6.07) is 65.3. The fourth-order valence-electron chi connectivity index (χ4n) is 13.8. The number of rotatable bonds is 32. The topological polar surface area (TPSA) is 116 Å². The molecule has 0 amide bonds. The number of ether oxygens (including phenoxy) is 2. The molecule has 7 aromatic carbocycles. The zero-order chi connectivity index (χ0) is 69.2. The minimum Gasteiger partial charge on any atom is -0.490 e. The number of nitrogens with zero attached hydrogens (tertiary/aromatic N) is 10. The predicted molar refractivity (Wildman–Crippen MR) is 416 cm³/mol. The molecule has 514 valence electrons. The molecule has 6 aromatic heterocycles. The van der Waals surface area contributed by atoms with Crippen molar-refractivity contribution in [3.63, 3.8) is 0 Å². The molecule has 13 aromatic rings. The lowest BCUT2D eigenvalue weighted by Crippen LogP contribution is -2.06. The Labute approximate surface area is 592 Å². The van der Waals surface area contributed by atoms with E-state index in [0.29, 0.717) is 36.9 Å². The van der Waals surface area contributed by atoms with Crippen LogP contribution in [0.4, 0.5) is 0 Å². The van der Waals surface area contributed by atoms with Crippen LogP contribution in [0.2, 0.25) is 0 Å². The van der Waals surface area contributed by atoms with E-state index in [9.17, 15) is 0 Å². The van der Waals surface area contributed by atoms with Gasteiger partial charge in [0, 0.05) is 26.2 Å². The second-order valence-electron chi connectivity index (χ2n) is 29.1. The largest absolute Gasteiger partial charge is 0.490 e. The van der Waals surface area contributed by atoms with Gasteiger partial charge in [-0.05, 0) is 192 Å². The molecule has 12 heteroatoms. The molecule has 0 aliphatic carbocycles. The quantitative estimate of drug-likeness (QED) is 0.0383. The van der Waals surface area contributed by atoms with Crippen molar-refractivity contribution in [3.05, 3.63) is 182 Å². The number of benzene rings is 7. The normalized spacial score (nSPS) is 12.0. The Hall–Kier alpha value is -9.68. The number of imidazole rings is 4. The Balaban J connectivity index is 0.929. The maximum Gasteiger partial charge on any atom is 0.161 e. The van der Waals surface area contributed by atoms with Crippen molar-refractivity contribution < 1.29 is 9.47 Å². The summed E-state index contributed by atoms with van der Waals surface area (Å²) in [4.78, 5) is 33.0. The van der Waals surface area contributed by atoms with Gasteiger partial charge in [0.15, 0.2) is 34.8 Å². The third-order valence-corrected chi connectivity index (χ3v) is 19.6. The van der Waals surface area contributed by atoms with E-state index in [1.54, 1.807) is 0 Å². The number of hydrogen-bond acceptors (Lipinski definition) is 8. The van der Waals surface area contributed by atoms with Gasteiger partial charge in [0.1, 0.15) is 22.8 Å². The first-order valence-electron chi connectivity index (χ1n) is 37.3. The number of hydrogen-bond donors (Lipinski definition) is 0. The van der Waals surface area contributed by atoms with Gasteiger partial charge in [0.05, 0.1) is 57.3 Å². The molecule has 0 spiro atoms. The van der Waals surface area contributed by atoms with Crippen LogP contribution in [0.25, 0.3) is 135 Å². The Morgan fingerprint density at radius 1 is 0.290 bits per heavy atom. The zero-order valence-corrected chi connectivity index (χ0v) is 60.6. The molecule has 100 heavy (non-hydrogen) atoms. The van der Waals surface area contributed by atoms with Crippen LogP contribution in [0.1, 0.15) is 146 Å². The molecular weight excluding hydrogens is 1230 g/mol. The van der Waals surface area contributed by atoms with E-state index in [1.807, 2.05) is 0 Å². The molecule has 0 aliphatic heterocycles. The standard InChI is InChI=1S/C88H100N10O2/c1-11-13-15-23-51-99-83-57-69(67-37-41-81-77(55-67)93-87(97(81)49-45-61(7)8)73-33-25-31-71(89-73)85-91-75-53-65(63-27-19-17-20-28-63)35-39-79(75)95(85)47-43-59(3)4)70(58-84(83)100-52-24-16-14-12-2)68-38-42-82-78(56-68)94-88(98(82)50-46-62(9)10)74-34-26-32-72(90-74)86-92-76-54-66(64-29-21-18-22-30-64)36-40-80(76)96(86)48-44-60(5)6/h17-22,25-42,53-62H,11-16,23-24,43-52H2,1-10H3. The summed E-state index contributed by atoms with van der Waals surface area (Å²) in [6.07, 6.45) is 12.8. The first-order valence-corrected chi connectivity index (χ1v) is 37.3. The van der Waals surface area contributed by atoms with Gasteiger partial charge >= 0.3 is 0 Å². The maximum atomic E-state index is 6.88. The van der Waals surface area contributed by atoms with E-state index in [-0.39, 0.29) is 0 Å². The van der Waals surface area contributed by atoms with Crippen molar-refractivity contribution in [2.75, 3.05) is 13.2 Å². The van der Waals surface area contributed by atoms with Gasteiger partial charge in [-0.25, -0.2) is 29.9 Å². The van der Waals surface area contributed by atoms with Gasteiger partial charge in [-0.1, -0.05) is 205 Å². The van der Waals surface area contributed by atoms with E-state index in [2.05, 4.69) is 269 Å². The van der Waals surface area contributed by atoms with Crippen LogP contribution in [-0.2, 0) is 26.2 Å². The van der Waals surface area contributed by atoms with Crippen molar-refractivity contribution in [2.45, 2.75) is 172 Å². The molecule has 12 nitrogen and oxygen atoms in total. The van der Waals surface area contributed by atoms with Crippen LogP contribution in [0.3, 0.4) is 0 Å². The highest BCUT2D eigenvalue weighted by Gasteiger charge is 2.25. The van der Waals surface area contributed by atoms with Crippen molar-refractivity contribution in [1.29, 1.82) is 0 Å². The van der Waals surface area contributed by atoms with E-state index < -0.39 is 0 Å². The van der Waals surface area contributed by atoms with E-state index in [0.717, 1.165) is 225 Å². The maximum absolute atomic E-state index is 6.88. The van der Waals surface area contributed by atoms with Crippen LogP contribution in [-0.4, -0.2) is 61.4 Å². The average molecular weight is 1330 g/mol. The summed E-state index contributed by atoms with van der Waals surface area (Å²) >= 11 is 0. The number of pyridine rings is 2. The number of aromatic nitrogens is 10. The molecule has 0 aliphatic rings. The Morgan fingerprint density at radius 2 is 0.590 bits per heavy atom. The second kappa shape index (κ2) is 31.7. The number of unbranched alkanes of at least 4 members (excludes halogenated alkanes) is 6. The summed E-state index contributed by atoms with van der Waals surface area (Å²) in [5, 5.41) is 0. The highest BCUT2D eigenvalue weighted by atomic mass is 16.5. The summed E-state index contributed by atoms with van der Waals surface area (Å²) in [5.74, 6) is 6.91. The minimum atomic E-state index is 0.475. The fraction of sp³-hybridized carbons (Fsp3) is 0.364. The lowest BCUT2D eigenvalue weighted by Gasteiger charge is -2.19. The van der Waals surface area contributed by atoms with Crippen molar-refractivity contribution in [1.82, 2.24) is 48.2 Å². The van der Waals surface area contributed by atoms with Crippen LogP contribution in [0, 0.1) is 23.7 Å². The molecule has 13 rings (SSSR count). The molecule has 0 radical (unpaired) electrons. The lowest BCUT2D eigenvalue weighted by atomic mass is 9.93. The second-order valence-corrected chi connectivity index (χ2v) is 29.1. The van der Waals surface area contributed by atoms with Gasteiger partial charge in [0.25, 0.3) is 0 Å². The van der Waals surface area contributed by atoms with Gasteiger partial charge in [-0.2, -0.15) is 0 Å². The van der Waals surface area contributed by atoms with E-state index in [4.69, 9.17) is 39.4 Å². The Morgan fingerprint density at radius 3 is 0.890 bits per heavy atom. The van der Waals surface area contributed by atoms with Crippen molar-refractivity contribution >= 4 is 44.1 Å². The lowest BCUT2D eigenvalue weighted by molar-refractivity contribution is 0.259. The Kier molecular flexibility index (Phi) is 21.8. The summed E-state index contributed by atoms with van der Waals surface area (Å²) in [5.41, 5.74) is 20.1. The van der Waals surface area contributed by atoms with Gasteiger partial charge in [-0.15, -0.1) is 0 Å². The summed E-state index contributed by atoms with van der Waals surface area (Å²) in [6.45, 7) is 27.3. The first kappa shape index (κ1) is 68.8. The van der Waals surface area contributed by atoms with E-state index >= 15 is 0 Å². The molecule has 0 saturated carbocycles. The average Bonchev–Trinajstić information content (AvgIpc) is 1.64. The van der Waals surface area contributed by atoms with Crippen LogP contribution in [0.15, 0.2) is 182 Å². The number of fused-ring (bicyclic) bond motifs is 4. The molecule has 0 N–H and O–H groups in total. The third kappa shape index (κ3) is 15.5. The molecule has 0 bridgehead atoms. The summed E-state index contributed by atoms with van der Waals surface area (Å²) < 4.78 is 23.3. The molecule has 0 fully saturated rings. The molecular formula is C88H100N10O2.